The minimum absolute atomic E-state index is 0.433. The average molecular weight is 445 g/mol. The van der Waals surface area contributed by atoms with Gasteiger partial charge in [0.2, 0.25) is 0 Å². The molecule has 0 saturated carbocycles. The topological polar surface area (TPSA) is 57.4 Å². The first-order chi connectivity index (χ1) is 14.0. The third-order valence-electron chi connectivity index (χ3n) is 4.58. The van der Waals surface area contributed by atoms with Crippen LogP contribution in [0.5, 0.6) is 11.5 Å². The van der Waals surface area contributed by atoms with Crippen LogP contribution in [0.2, 0.25) is 4.34 Å². The van der Waals surface area contributed by atoms with Gasteiger partial charge in [0.25, 0.3) is 0 Å². The van der Waals surface area contributed by atoms with E-state index in [1.807, 2.05) is 43.5 Å². The van der Waals surface area contributed by atoms with Crippen LogP contribution in [0, 0.1) is 6.92 Å². The lowest BCUT2D eigenvalue weighted by Crippen LogP contribution is -1.99. The number of rotatable bonds is 7. The number of fused-ring (bicyclic) bond motifs is 1. The van der Waals surface area contributed by atoms with Gasteiger partial charge in [-0.2, -0.15) is 0 Å². The van der Waals surface area contributed by atoms with Crippen molar-refractivity contribution in [2.75, 3.05) is 5.73 Å². The summed E-state index contributed by atoms with van der Waals surface area (Å²) in [7, 11) is 0. The van der Waals surface area contributed by atoms with Gasteiger partial charge < -0.3 is 15.2 Å². The van der Waals surface area contributed by atoms with Crippen molar-refractivity contribution in [3.8, 4) is 11.5 Å². The van der Waals surface area contributed by atoms with Gasteiger partial charge in [0.1, 0.15) is 30.5 Å². The Kier molecular flexibility index (Phi) is 5.94. The molecule has 0 spiro atoms. The largest absolute Gasteiger partial charge is 0.489 e. The van der Waals surface area contributed by atoms with Crippen LogP contribution in [-0.4, -0.2) is 4.98 Å². The van der Waals surface area contributed by atoms with E-state index in [2.05, 4.69) is 17.3 Å². The first-order valence-electron chi connectivity index (χ1n) is 9.28. The Bertz CT molecular complexity index is 1150. The summed E-state index contributed by atoms with van der Waals surface area (Å²) in [4.78, 5) is 5.43. The molecule has 0 aliphatic heterocycles. The second-order valence-corrected chi connectivity index (χ2v) is 9.43. The van der Waals surface area contributed by atoms with E-state index < -0.39 is 0 Å². The number of benzene rings is 1. The molecule has 150 valence electrons. The van der Waals surface area contributed by atoms with Gasteiger partial charge in [-0.1, -0.05) is 18.5 Å². The first kappa shape index (κ1) is 20.0. The molecule has 2 N–H and O–H groups in total. The molecule has 0 atom stereocenters. The highest BCUT2D eigenvalue weighted by atomic mass is 35.5. The lowest BCUT2D eigenvalue weighted by molar-refractivity contribution is 0.292. The maximum Gasteiger partial charge on any atom is 0.132 e. The van der Waals surface area contributed by atoms with Gasteiger partial charge in [0.15, 0.2) is 0 Å². The number of halogens is 1. The van der Waals surface area contributed by atoms with Gasteiger partial charge in [-0.25, -0.2) is 4.98 Å². The van der Waals surface area contributed by atoms with E-state index in [0.717, 1.165) is 43.6 Å². The highest BCUT2D eigenvalue weighted by Crippen LogP contribution is 2.34. The van der Waals surface area contributed by atoms with Crippen molar-refractivity contribution in [3.05, 3.63) is 67.8 Å². The summed E-state index contributed by atoms with van der Waals surface area (Å²) in [6.45, 7) is 5.07. The molecule has 4 rings (SSSR count). The van der Waals surface area contributed by atoms with E-state index in [1.54, 1.807) is 11.3 Å². The molecule has 0 fully saturated rings. The summed E-state index contributed by atoms with van der Waals surface area (Å²) in [6.07, 6.45) is 2.79. The van der Waals surface area contributed by atoms with Crippen molar-refractivity contribution < 1.29 is 9.47 Å². The van der Waals surface area contributed by atoms with Crippen LogP contribution in [0.4, 0.5) is 5.82 Å². The number of aromatic nitrogens is 1. The predicted octanol–water partition coefficient (Wildman–Crippen LogP) is 6.62. The number of nitrogens with zero attached hydrogens (tertiary/aromatic N) is 1. The molecule has 0 saturated heterocycles. The van der Waals surface area contributed by atoms with E-state index in [-0.39, 0.29) is 0 Å². The second kappa shape index (κ2) is 8.61. The number of aryl methyl sites for hydroxylation is 2. The Labute approximate surface area is 182 Å². The summed E-state index contributed by atoms with van der Waals surface area (Å²) in [6, 6.07) is 9.77. The van der Waals surface area contributed by atoms with E-state index in [9.17, 15) is 0 Å². The normalized spacial score (nSPS) is 11.1. The monoisotopic (exact) mass is 444 g/mol. The van der Waals surface area contributed by atoms with Gasteiger partial charge in [0, 0.05) is 32.8 Å². The van der Waals surface area contributed by atoms with E-state index in [4.69, 9.17) is 26.8 Å². The molecule has 0 bridgehead atoms. The lowest BCUT2D eigenvalue weighted by atomic mass is 10.1. The predicted molar refractivity (Wildman–Crippen MR) is 123 cm³/mol. The van der Waals surface area contributed by atoms with Gasteiger partial charge >= 0.3 is 0 Å². The van der Waals surface area contributed by atoms with Gasteiger partial charge in [-0.05, 0) is 54.1 Å². The van der Waals surface area contributed by atoms with Crippen molar-refractivity contribution in [2.24, 2.45) is 0 Å². The molecule has 0 unspecified atom stereocenters. The Morgan fingerprint density at radius 2 is 1.83 bits per heavy atom. The maximum atomic E-state index is 6.15. The van der Waals surface area contributed by atoms with Gasteiger partial charge in [0.05, 0.1) is 4.34 Å². The van der Waals surface area contributed by atoms with Crippen LogP contribution in [0.1, 0.15) is 28.5 Å². The van der Waals surface area contributed by atoms with Crippen LogP contribution in [0.3, 0.4) is 0 Å². The number of anilines is 1. The van der Waals surface area contributed by atoms with Crippen molar-refractivity contribution in [1.29, 1.82) is 0 Å². The van der Waals surface area contributed by atoms with Gasteiger partial charge in [-0.15, -0.1) is 22.7 Å². The van der Waals surface area contributed by atoms with Crippen molar-refractivity contribution >= 4 is 50.2 Å². The van der Waals surface area contributed by atoms with Crippen LogP contribution in [0.25, 0.3) is 10.1 Å². The molecule has 0 aliphatic rings. The molecule has 1 aromatic carbocycles. The SMILES string of the molecule is CCc1cnc(N)c2c(COc3cc(C)cc(OCc4ccc(Cl)s4)c3)csc12. The number of nitrogens with two attached hydrogens (primary N) is 1. The molecule has 0 amide bonds. The maximum absolute atomic E-state index is 6.15. The summed E-state index contributed by atoms with van der Waals surface area (Å²) in [5.41, 5.74) is 9.50. The van der Waals surface area contributed by atoms with Crippen LogP contribution in [-0.2, 0) is 19.6 Å². The molecule has 3 heterocycles. The molecule has 29 heavy (non-hydrogen) atoms. The number of thiophene rings is 2. The number of nitrogen functional groups attached to an aromatic ring is 1. The van der Waals surface area contributed by atoms with Crippen molar-refractivity contribution in [2.45, 2.75) is 33.5 Å². The molecule has 7 heteroatoms. The van der Waals surface area contributed by atoms with Crippen LogP contribution in [0.15, 0.2) is 41.9 Å². The molecule has 3 aromatic heterocycles. The number of ether oxygens (including phenoxy) is 2. The Hall–Kier alpha value is -2.28. The smallest absolute Gasteiger partial charge is 0.132 e. The summed E-state index contributed by atoms with van der Waals surface area (Å²) in [5, 5.41) is 3.11. The summed E-state index contributed by atoms with van der Waals surface area (Å²) in [5.74, 6) is 2.09. The summed E-state index contributed by atoms with van der Waals surface area (Å²) >= 11 is 9.20. The molecular formula is C22H21ClN2O2S2. The second-order valence-electron chi connectivity index (χ2n) is 6.75. The van der Waals surface area contributed by atoms with Gasteiger partial charge in [-0.3, -0.25) is 0 Å². The number of pyridine rings is 1. The standard InChI is InChI=1S/C22H21ClN2O2S2/c1-3-14-9-25-22(24)20-15(12-28-21(14)20)10-26-16-6-13(2)7-17(8-16)27-11-18-4-5-19(23)29-18/h4-9,12H,3,10-11H2,1-2H3,(H2,24,25). The molecule has 0 radical (unpaired) electrons. The molecular weight excluding hydrogens is 424 g/mol. The minimum Gasteiger partial charge on any atom is -0.489 e. The molecule has 0 aliphatic carbocycles. The quantitative estimate of drug-likeness (QED) is 0.348. The first-order valence-corrected chi connectivity index (χ1v) is 11.4. The van der Waals surface area contributed by atoms with E-state index in [0.29, 0.717) is 19.0 Å². The zero-order chi connectivity index (χ0) is 20.4. The number of hydrogen-bond donors (Lipinski definition) is 1. The van der Waals surface area contributed by atoms with Crippen LogP contribution < -0.4 is 15.2 Å². The fourth-order valence-corrected chi connectivity index (χ4v) is 5.31. The lowest BCUT2D eigenvalue weighted by Gasteiger charge is -2.11. The van der Waals surface area contributed by atoms with Crippen molar-refractivity contribution in [3.63, 3.8) is 0 Å². The highest BCUT2D eigenvalue weighted by molar-refractivity contribution is 7.17. The Morgan fingerprint density at radius 3 is 2.52 bits per heavy atom. The molecule has 4 aromatic rings. The zero-order valence-corrected chi connectivity index (χ0v) is 18.6. The minimum atomic E-state index is 0.433. The molecule has 4 nitrogen and oxygen atoms in total. The zero-order valence-electron chi connectivity index (χ0n) is 16.2. The number of hydrogen-bond acceptors (Lipinski definition) is 6. The third-order valence-corrected chi connectivity index (χ3v) is 6.89. The third kappa shape index (κ3) is 4.50. The Balaban J connectivity index is 1.50. The summed E-state index contributed by atoms with van der Waals surface area (Å²) < 4.78 is 14.0. The highest BCUT2D eigenvalue weighted by Gasteiger charge is 2.13. The van der Waals surface area contributed by atoms with E-state index in [1.165, 1.54) is 21.6 Å². The average Bonchev–Trinajstić information content (AvgIpc) is 3.32. The van der Waals surface area contributed by atoms with Crippen LogP contribution >= 0.6 is 34.3 Å². The van der Waals surface area contributed by atoms with E-state index >= 15 is 0 Å². The fourth-order valence-electron chi connectivity index (χ4n) is 3.16. The van der Waals surface area contributed by atoms with Crippen molar-refractivity contribution in [1.82, 2.24) is 4.98 Å². The fraction of sp³-hybridized carbons (Fsp3) is 0.227. The Morgan fingerprint density at radius 1 is 1.07 bits per heavy atom.